The summed E-state index contributed by atoms with van der Waals surface area (Å²) in [4.78, 5) is 15.5. The summed E-state index contributed by atoms with van der Waals surface area (Å²) < 4.78 is 23.3. The zero-order valence-corrected chi connectivity index (χ0v) is 19.7. The molecule has 3 aromatic carbocycles. The van der Waals surface area contributed by atoms with E-state index in [0.29, 0.717) is 41.5 Å². The Hall–Kier alpha value is -3.48. The molecule has 0 amide bonds. The summed E-state index contributed by atoms with van der Waals surface area (Å²) >= 11 is 5.99. The van der Waals surface area contributed by atoms with E-state index in [0.717, 1.165) is 29.3 Å². The van der Waals surface area contributed by atoms with Crippen LogP contribution in [-0.4, -0.2) is 25.3 Å². The van der Waals surface area contributed by atoms with Gasteiger partial charge in [-0.15, -0.1) is 0 Å². The third kappa shape index (κ3) is 4.47. The van der Waals surface area contributed by atoms with Crippen LogP contribution in [0.2, 0.25) is 5.02 Å². The molecule has 7 heteroatoms. The minimum absolute atomic E-state index is 0.164. The quantitative estimate of drug-likeness (QED) is 0.342. The predicted molar refractivity (Wildman–Crippen MR) is 131 cm³/mol. The maximum absolute atomic E-state index is 13.3. The SMILES string of the molecule is COc1cccc(Oc2c(C)oc3c4c(ccc3c2=O)OCN(CCc2ccc(Cl)cc2)C4)c1. The lowest BCUT2D eigenvalue weighted by Crippen LogP contribution is -2.33. The number of fused-ring (bicyclic) bond motifs is 3. The summed E-state index contributed by atoms with van der Waals surface area (Å²) in [7, 11) is 1.58. The molecule has 5 rings (SSSR count). The summed E-state index contributed by atoms with van der Waals surface area (Å²) in [5.41, 5.74) is 2.39. The van der Waals surface area contributed by atoms with Gasteiger partial charge in [-0.2, -0.15) is 0 Å². The standard InChI is InChI=1S/C27H24ClNO5/c1-17-26(34-21-5-3-4-20(14-21)31-2)25(30)22-10-11-24-23(27(22)33-17)15-29(16-32-24)13-12-18-6-8-19(28)9-7-18/h3-11,14H,12-13,15-16H2,1-2H3. The number of methoxy groups -OCH3 is 1. The van der Waals surface area contributed by atoms with Gasteiger partial charge >= 0.3 is 0 Å². The average molecular weight is 478 g/mol. The van der Waals surface area contributed by atoms with Crippen LogP contribution in [0.3, 0.4) is 0 Å². The number of halogens is 1. The summed E-state index contributed by atoms with van der Waals surface area (Å²) in [5, 5.41) is 1.19. The highest BCUT2D eigenvalue weighted by Gasteiger charge is 2.24. The number of hydrogen-bond donors (Lipinski definition) is 0. The van der Waals surface area contributed by atoms with Crippen LogP contribution in [0, 0.1) is 6.92 Å². The lowest BCUT2D eigenvalue weighted by atomic mass is 10.1. The van der Waals surface area contributed by atoms with Crippen LogP contribution in [0.25, 0.3) is 11.0 Å². The molecule has 6 nitrogen and oxygen atoms in total. The Labute approximate surface area is 202 Å². The van der Waals surface area contributed by atoms with Crippen molar-refractivity contribution in [3.8, 4) is 23.0 Å². The van der Waals surface area contributed by atoms with Crippen molar-refractivity contribution >= 4 is 22.6 Å². The van der Waals surface area contributed by atoms with Gasteiger partial charge in [0.05, 0.1) is 18.1 Å². The molecule has 0 N–H and O–H groups in total. The van der Waals surface area contributed by atoms with Gasteiger partial charge in [0, 0.05) is 24.2 Å². The first-order chi connectivity index (χ1) is 16.5. The Morgan fingerprint density at radius 2 is 1.85 bits per heavy atom. The smallest absolute Gasteiger partial charge is 0.235 e. The van der Waals surface area contributed by atoms with Crippen LogP contribution in [0.5, 0.6) is 23.0 Å². The van der Waals surface area contributed by atoms with E-state index in [1.54, 1.807) is 38.3 Å². The van der Waals surface area contributed by atoms with Crippen LogP contribution in [0.15, 0.2) is 69.9 Å². The van der Waals surface area contributed by atoms with Crippen LogP contribution < -0.4 is 19.6 Å². The Balaban J connectivity index is 1.42. The van der Waals surface area contributed by atoms with E-state index in [1.807, 2.05) is 36.4 Å². The molecule has 1 aliphatic heterocycles. The molecular formula is C27H24ClNO5. The third-order valence-electron chi connectivity index (χ3n) is 5.92. The average Bonchev–Trinajstić information content (AvgIpc) is 2.86. The Bertz CT molecular complexity index is 1400. The second-order valence-corrected chi connectivity index (χ2v) is 8.66. The van der Waals surface area contributed by atoms with E-state index < -0.39 is 0 Å². The fraction of sp³-hybridized carbons (Fsp3) is 0.222. The van der Waals surface area contributed by atoms with Crippen molar-refractivity contribution < 1.29 is 18.6 Å². The van der Waals surface area contributed by atoms with Gasteiger partial charge in [-0.25, -0.2) is 0 Å². The zero-order chi connectivity index (χ0) is 23.7. The number of rotatable bonds is 6. The molecule has 0 saturated carbocycles. The maximum Gasteiger partial charge on any atom is 0.235 e. The molecule has 34 heavy (non-hydrogen) atoms. The summed E-state index contributed by atoms with van der Waals surface area (Å²) in [6, 6.07) is 18.5. The molecule has 0 aliphatic carbocycles. The molecule has 0 atom stereocenters. The summed E-state index contributed by atoms with van der Waals surface area (Å²) in [6.45, 7) is 3.64. The molecular weight excluding hydrogens is 454 g/mol. The van der Waals surface area contributed by atoms with Gasteiger partial charge in [0.1, 0.15) is 35.3 Å². The summed E-state index contributed by atoms with van der Waals surface area (Å²) in [6.07, 6.45) is 0.863. The topological polar surface area (TPSA) is 61.1 Å². The fourth-order valence-corrected chi connectivity index (χ4v) is 4.21. The van der Waals surface area contributed by atoms with Crippen molar-refractivity contribution in [2.75, 3.05) is 20.4 Å². The summed E-state index contributed by atoms with van der Waals surface area (Å²) in [5.74, 6) is 2.46. The van der Waals surface area contributed by atoms with Gasteiger partial charge in [-0.3, -0.25) is 9.69 Å². The molecule has 1 aliphatic rings. The van der Waals surface area contributed by atoms with Gasteiger partial charge in [-0.05, 0) is 55.3 Å². The molecule has 4 aromatic rings. The lowest BCUT2D eigenvalue weighted by molar-refractivity contribution is 0.0968. The number of aryl methyl sites for hydroxylation is 1. The molecule has 0 unspecified atom stereocenters. The molecule has 174 valence electrons. The van der Waals surface area contributed by atoms with Gasteiger partial charge in [0.2, 0.25) is 11.2 Å². The van der Waals surface area contributed by atoms with Crippen LogP contribution in [0.1, 0.15) is 16.9 Å². The first kappa shape index (κ1) is 22.3. The second kappa shape index (κ2) is 9.41. The molecule has 2 heterocycles. The van der Waals surface area contributed by atoms with Crippen LogP contribution in [-0.2, 0) is 13.0 Å². The van der Waals surface area contributed by atoms with E-state index in [-0.39, 0.29) is 11.2 Å². The number of benzene rings is 3. The Kier molecular flexibility index (Phi) is 6.18. The molecule has 0 saturated heterocycles. The minimum Gasteiger partial charge on any atom is -0.497 e. The van der Waals surface area contributed by atoms with Gasteiger partial charge in [-0.1, -0.05) is 29.8 Å². The first-order valence-corrected chi connectivity index (χ1v) is 11.4. The van der Waals surface area contributed by atoms with E-state index >= 15 is 0 Å². The molecule has 0 fully saturated rings. The monoisotopic (exact) mass is 477 g/mol. The maximum atomic E-state index is 13.3. The second-order valence-electron chi connectivity index (χ2n) is 8.22. The number of nitrogens with zero attached hydrogens (tertiary/aromatic N) is 1. The van der Waals surface area contributed by atoms with Crippen molar-refractivity contribution in [1.29, 1.82) is 0 Å². The van der Waals surface area contributed by atoms with Crippen LogP contribution in [0.4, 0.5) is 0 Å². The van der Waals surface area contributed by atoms with Crippen molar-refractivity contribution in [3.63, 3.8) is 0 Å². The molecule has 0 bridgehead atoms. The van der Waals surface area contributed by atoms with Crippen molar-refractivity contribution in [2.24, 2.45) is 0 Å². The van der Waals surface area contributed by atoms with Crippen molar-refractivity contribution in [2.45, 2.75) is 19.9 Å². The van der Waals surface area contributed by atoms with Crippen LogP contribution >= 0.6 is 11.6 Å². The fourth-order valence-electron chi connectivity index (χ4n) is 4.08. The van der Waals surface area contributed by atoms with Crippen molar-refractivity contribution in [3.05, 3.63) is 92.8 Å². The third-order valence-corrected chi connectivity index (χ3v) is 6.17. The number of ether oxygens (including phenoxy) is 3. The largest absolute Gasteiger partial charge is 0.497 e. The van der Waals surface area contributed by atoms with Gasteiger partial charge in [0.15, 0.2) is 0 Å². The Morgan fingerprint density at radius 1 is 1.06 bits per heavy atom. The van der Waals surface area contributed by atoms with Gasteiger partial charge < -0.3 is 18.6 Å². The predicted octanol–water partition coefficient (Wildman–Crippen LogP) is 5.95. The number of hydrogen-bond acceptors (Lipinski definition) is 6. The normalized spacial score (nSPS) is 13.4. The molecule has 1 aromatic heterocycles. The van der Waals surface area contributed by atoms with Crippen molar-refractivity contribution in [1.82, 2.24) is 4.90 Å². The minimum atomic E-state index is -0.220. The molecule has 0 radical (unpaired) electrons. The first-order valence-electron chi connectivity index (χ1n) is 11.0. The van der Waals surface area contributed by atoms with E-state index in [2.05, 4.69) is 4.90 Å². The van der Waals surface area contributed by atoms with Gasteiger partial charge in [0.25, 0.3) is 0 Å². The molecule has 0 spiro atoms. The zero-order valence-electron chi connectivity index (χ0n) is 19.0. The van der Waals surface area contributed by atoms with E-state index in [9.17, 15) is 4.79 Å². The highest BCUT2D eigenvalue weighted by molar-refractivity contribution is 6.30. The highest BCUT2D eigenvalue weighted by Crippen LogP contribution is 2.34. The lowest BCUT2D eigenvalue weighted by Gasteiger charge is -2.29. The highest BCUT2D eigenvalue weighted by atomic mass is 35.5. The van der Waals surface area contributed by atoms with E-state index in [4.69, 9.17) is 30.2 Å². The van der Waals surface area contributed by atoms with E-state index in [1.165, 1.54) is 5.56 Å². The Morgan fingerprint density at radius 3 is 2.65 bits per heavy atom.